The van der Waals surface area contributed by atoms with Crippen LogP contribution in [0.2, 0.25) is 5.02 Å². The molecule has 1 aliphatic rings. The molecular weight excluding hydrogens is 310 g/mol. The minimum atomic E-state index is -0.454. The van der Waals surface area contributed by atoms with Crippen molar-refractivity contribution in [3.63, 3.8) is 0 Å². The molecule has 1 aliphatic heterocycles. The Morgan fingerprint density at radius 3 is 2.52 bits per heavy atom. The number of halogens is 3. The molecule has 21 heavy (non-hydrogen) atoms. The first-order valence-corrected chi connectivity index (χ1v) is 7.56. The molecule has 0 saturated heterocycles. The van der Waals surface area contributed by atoms with Crippen molar-refractivity contribution in [2.24, 2.45) is 0 Å². The van der Waals surface area contributed by atoms with Crippen molar-refractivity contribution in [2.75, 3.05) is 6.61 Å². The van der Waals surface area contributed by atoms with Crippen LogP contribution in [0.3, 0.4) is 0 Å². The van der Waals surface area contributed by atoms with Crippen molar-refractivity contribution >= 4 is 23.2 Å². The Balaban J connectivity index is 1.99. The molecule has 1 unspecified atom stereocenters. The lowest BCUT2D eigenvalue weighted by atomic mass is 9.85. The van der Waals surface area contributed by atoms with E-state index >= 15 is 0 Å². The van der Waals surface area contributed by atoms with E-state index in [1.165, 1.54) is 12.1 Å². The van der Waals surface area contributed by atoms with Gasteiger partial charge in [-0.3, -0.25) is 0 Å². The summed E-state index contributed by atoms with van der Waals surface area (Å²) in [5.74, 6) is 0.444. The minimum Gasteiger partial charge on any atom is -0.492 e. The van der Waals surface area contributed by atoms with Crippen LogP contribution in [0.5, 0.6) is 5.75 Å². The molecule has 0 radical (unpaired) electrons. The molecule has 0 spiro atoms. The predicted molar refractivity (Wildman–Crippen MR) is 84.1 cm³/mol. The zero-order valence-corrected chi connectivity index (χ0v) is 13.3. The summed E-state index contributed by atoms with van der Waals surface area (Å²) in [6.45, 7) is 4.93. The van der Waals surface area contributed by atoms with Crippen molar-refractivity contribution in [1.29, 1.82) is 0 Å². The Kier molecular flexibility index (Phi) is 3.62. The maximum Gasteiger partial charge on any atom is 0.142 e. The second kappa shape index (κ2) is 5.19. The fourth-order valence-electron chi connectivity index (χ4n) is 2.56. The Morgan fingerprint density at radius 1 is 1.14 bits per heavy atom. The van der Waals surface area contributed by atoms with Gasteiger partial charge in [0, 0.05) is 11.0 Å². The third-order valence-corrected chi connectivity index (χ3v) is 4.66. The van der Waals surface area contributed by atoms with Crippen LogP contribution in [0, 0.1) is 5.82 Å². The number of rotatable bonds is 2. The SMILES string of the molecule is CC1(C)COc2ccc(C(Cl)c3ccc(Cl)c(F)c3)cc21. The standard InChI is InChI=1S/C17H15Cl2FO/c1-17(2)9-21-15-6-4-10(7-12(15)17)16(19)11-3-5-13(18)14(20)8-11/h3-8,16H,9H2,1-2H3. The van der Waals surface area contributed by atoms with E-state index in [0.29, 0.717) is 12.2 Å². The maximum atomic E-state index is 13.6. The maximum absolute atomic E-state index is 13.6. The smallest absolute Gasteiger partial charge is 0.142 e. The topological polar surface area (TPSA) is 9.23 Å². The van der Waals surface area contributed by atoms with Gasteiger partial charge in [0.25, 0.3) is 0 Å². The molecule has 2 aromatic carbocycles. The summed E-state index contributed by atoms with van der Waals surface area (Å²) in [4.78, 5) is 0. The number of hydrogen-bond acceptors (Lipinski definition) is 1. The lowest BCUT2D eigenvalue weighted by Crippen LogP contribution is -2.18. The summed E-state index contributed by atoms with van der Waals surface area (Å²) in [6, 6.07) is 10.6. The molecule has 0 amide bonds. The molecule has 3 rings (SSSR count). The summed E-state index contributed by atoms with van der Waals surface area (Å²) < 4.78 is 19.3. The van der Waals surface area contributed by atoms with Gasteiger partial charge >= 0.3 is 0 Å². The summed E-state index contributed by atoms with van der Waals surface area (Å²) >= 11 is 12.2. The van der Waals surface area contributed by atoms with Gasteiger partial charge in [-0.15, -0.1) is 11.6 Å². The second-order valence-electron chi connectivity index (χ2n) is 5.96. The van der Waals surface area contributed by atoms with Gasteiger partial charge in [0.05, 0.1) is 17.0 Å². The molecule has 110 valence electrons. The molecule has 0 fully saturated rings. The van der Waals surface area contributed by atoms with Gasteiger partial charge in [0.2, 0.25) is 0 Å². The van der Waals surface area contributed by atoms with Gasteiger partial charge in [-0.2, -0.15) is 0 Å². The average molecular weight is 325 g/mol. The van der Waals surface area contributed by atoms with E-state index < -0.39 is 11.2 Å². The molecule has 0 bridgehead atoms. The van der Waals surface area contributed by atoms with Crippen LogP contribution in [-0.4, -0.2) is 6.61 Å². The first kappa shape index (κ1) is 14.7. The van der Waals surface area contributed by atoms with Crippen molar-refractivity contribution in [1.82, 2.24) is 0 Å². The van der Waals surface area contributed by atoms with Crippen molar-refractivity contribution in [2.45, 2.75) is 24.6 Å². The van der Waals surface area contributed by atoms with E-state index in [1.54, 1.807) is 6.07 Å². The van der Waals surface area contributed by atoms with Gasteiger partial charge < -0.3 is 4.74 Å². The third kappa shape index (κ3) is 2.63. The van der Waals surface area contributed by atoms with Crippen molar-refractivity contribution in [3.05, 3.63) is 63.9 Å². The largest absolute Gasteiger partial charge is 0.492 e. The number of alkyl halides is 1. The number of fused-ring (bicyclic) bond motifs is 1. The summed E-state index contributed by atoms with van der Waals surface area (Å²) in [5, 5.41) is -0.315. The van der Waals surface area contributed by atoms with E-state index in [0.717, 1.165) is 16.9 Å². The van der Waals surface area contributed by atoms with Crippen LogP contribution < -0.4 is 4.74 Å². The zero-order valence-electron chi connectivity index (χ0n) is 11.8. The van der Waals surface area contributed by atoms with E-state index in [1.807, 2.05) is 18.2 Å². The Labute approximate surface area is 133 Å². The van der Waals surface area contributed by atoms with Crippen LogP contribution in [0.4, 0.5) is 4.39 Å². The molecule has 2 aromatic rings. The number of hydrogen-bond donors (Lipinski definition) is 0. The van der Waals surface area contributed by atoms with Gasteiger partial charge in [-0.1, -0.05) is 37.6 Å². The second-order valence-corrected chi connectivity index (χ2v) is 6.81. The lowest BCUT2D eigenvalue weighted by molar-refractivity contribution is 0.291. The zero-order chi connectivity index (χ0) is 15.2. The minimum absolute atomic E-state index is 0.0345. The van der Waals surface area contributed by atoms with Crippen molar-refractivity contribution < 1.29 is 9.13 Å². The third-order valence-electron chi connectivity index (χ3n) is 3.85. The van der Waals surface area contributed by atoms with Gasteiger partial charge in [0.1, 0.15) is 11.6 Å². The van der Waals surface area contributed by atoms with E-state index in [-0.39, 0.29) is 10.4 Å². The van der Waals surface area contributed by atoms with E-state index in [9.17, 15) is 4.39 Å². The average Bonchev–Trinajstić information content (AvgIpc) is 2.76. The summed E-state index contributed by atoms with van der Waals surface area (Å²) in [7, 11) is 0. The Bertz CT molecular complexity index is 697. The quantitative estimate of drug-likeness (QED) is 0.665. The summed E-state index contributed by atoms with van der Waals surface area (Å²) in [6.07, 6.45) is 0. The van der Waals surface area contributed by atoms with Crippen LogP contribution in [0.1, 0.15) is 35.9 Å². The number of benzene rings is 2. The molecule has 1 heterocycles. The van der Waals surface area contributed by atoms with Gasteiger partial charge in [0.15, 0.2) is 0 Å². The Morgan fingerprint density at radius 2 is 1.81 bits per heavy atom. The van der Waals surface area contributed by atoms with E-state index in [4.69, 9.17) is 27.9 Å². The highest BCUT2D eigenvalue weighted by Gasteiger charge is 2.32. The molecule has 0 aromatic heterocycles. The Hall–Kier alpha value is -1.25. The monoisotopic (exact) mass is 324 g/mol. The fraction of sp³-hybridized carbons (Fsp3) is 0.294. The van der Waals surface area contributed by atoms with Gasteiger partial charge in [-0.25, -0.2) is 4.39 Å². The first-order chi connectivity index (χ1) is 9.88. The van der Waals surface area contributed by atoms with Gasteiger partial charge in [-0.05, 0) is 35.4 Å². The first-order valence-electron chi connectivity index (χ1n) is 6.75. The molecule has 1 atom stereocenters. The number of ether oxygens (including phenoxy) is 1. The molecule has 0 aliphatic carbocycles. The lowest BCUT2D eigenvalue weighted by Gasteiger charge is -2.17. The highest BCUT2D eigenvalue weighted by molar-refractivity contribution is 6.30. The highest BCUT2D eigenvalue weighted by atomic mass is 35.5. The van der Waals surface area contributed by atoms with Crippen LogP contribution >= 0.6 is 23.2 Å². The fourth-order valence-corrected chi connectivity index (χ4v) is 2.95. The van der Waals surface area contributed by atoms with Crippen molar-refractivity contribution in [3.8, 4) is 5.75 Å². The van der Waals surface area contributed by atoms with Crippen LogP contribution in [-0.2, 0) is 5.41 Å². The molecule has 0 saturated carbocycles. The predicted octanol–water partition coefficient (Wildman–Crippen LogP) is 5.48. The molecule has 1 nitrogen and oxygen atoms in total. The van der Waals surface area contributed by atoms with Crippen LogP contribution in [0.15, 0.2) is 36.4 Å². The van der Waals surface area contributed by atoms with E-state index in [2.05, 4.69) is 13.8 Å². The normalized spacial score (nSPS) is 17.2. The molecule has 0 N–H and O–H groups in total. The molecule has 4 heteroatoms. The molecular formula is C17H15Cl2FO. The van der Waals surface area contributed by atoms with Crippen LogP contribution in [0.25, 0.3) is 0 Å². The highest BCUT2D eigenvalue weighted by Crippen LogP contribution is 2.41. The summed E-state index contributed by atoms with van der Waals surface area (Å²) in [5.41, 5.74) is 2.72.